The molecule has 3 aromatic carbocycles. The number of likely N-dealkylation sites (N-methyl/N-ethyl adjacent to an activating group) is 1. The summed E-state index contributed by atoms with van der Waals surface area (Å²) in [5.74, 6) is 0.597. The molecule has 194 valence electrons. The Morgan fingerprint density at radius 1 is 0.946 bits per heavy atom. The molecule has 3 atom stereocenters. The van der Waals surface area contributed by atoms with Crippen molar-refractivity contribution in [2.75, 3.05) is 32.9 Å². The van der Waals surface area contributed by atoms with Crippen LogP contribution in [0.25, 0.3) is 0 Å². The number of benzene rings is 3. The largest absolute Gasteiger partial charge is 0.334 e. The summed E-state index contributed by atoms with van der Waals surface area (Å²) in [5, 5.41) is 1.08. The average Bonchev–Trinajstić information content (AvgIpc) is 3.16. The lowest BCUT2D eigenvalue weighted by Crippen LogP contribution is -2.36. The molecule has 0 saturated carbocycles. The van der Waals surface area contributed by atoms with Gasteiger partial charge in [0.25, 0.3) is 5.91 Å². The first-order valence-corrected chi connectivity index (χ1v) is 15.1. The van der Waals surface area contributed by atoms with E-state index >= 15 is 0 Å². The van der Waals surface area contributed by atoms with Gasteiger partial charge in [0.15, 0.2) is 0 Å². The SMILES string of the molecule is CN1C(=O)c2ccccc2[C@H]1C(CCN1CCC(c2ccccc2S(C)=O)CC1)c1ccc(Cl)c(Cl)c1. The number of halogens is 2. The summed E-state index contributed by atoms with van der Waals surface area (Å²) < 4.78 is 12.2. The van der Waals surface area contributed by atoms with E-state index in [0.29, 0.717) is 16.0 Å². The summed E-state index contributed by atoms with van der Waals surface area (Å²) in [6, 6.07) is 21.9. The van der Waals surface area contributed by atoms with Crippen LogP contribution in [0.4, 0.5) is 0 Å². The highest BCUT2D eigenvalue weighted by Crippen LogP contribution is 2.45. The third-order valence-corrected chi connectivity index (χ3v) is 9.74. The zero-order chi connectivity index (χ0) is 26.1. The lowest BCUT2D eigenvalue weighted by molar-refractivity contribution is 0.0746. The molecule has 0 spiro atoms. The number of hydrogen-bond donors (Lipinski definition) is 0. The van der Waals surface area contributed by atoms with E-state index in [-0.39, 0.29) is 17.9 Å². The topological polar surface area (TPSA) is 40.6 Å². The minimum atomic E-state index is -0.978. The molecular weight excluding hydrogens is 523 g/mol. The molecule has 4 nitrogen and oxygen atoms in total. The second-order valence-electron chi connectivity index (χ2n) is 10.1. The Labute approximate surface area is 232 Å². The van der Waals surface area contributed by atoms with Gasteiger partial charge in [0, 0.05) is 29.7 Å². The molecule has 0 N–H and O–H groups in total. The second kappa shape index (κ2) is 11.3. The van der Waals surface area contributed by atoms with E-state index in [0.717, 1.165) is 60.5 Å². The molecule has 2 aliphatic heterocycles. The molecule has 0 bridgehead atoms. The molecule has 0 radical (unpaired) electrons. The summed E-state index contributed by atoms with van der Waals surface area (Å²) >= 11 is 12.7. The van der Waals surface area contributed by atoms with Gasteiger partial charge in [-0.3, -0.25) is 9.00 Å². The molecule has 2 unspecified atom stereocenters. The van der Waals surface area contributed by atoms with Crippen molar-refractivity contribution in [3.05, 3.63) is 99.0 Å². The third kappa shape index (κ3) is 5.37. The van der Waals surface area contributed by atoms with Crippen LogP contribution in [0.3, 0.4) is 0 Å². The van der Waals surface area contributed by atoms with Gasteiger partial charge in [-0.25, -0.2) is 0 Å². The normalized spacial score (nSPS) is 20.2. The first-order chi connectivity index (χ1) is 17.8. The van der Waals surface area contributed by atoms with Crippen LogP contribution in [0.2, 0.25) is 10.0 Å². The van der Waals surface area contributed by atoms with E-state index in [4.69, 9.17) is 23.2 Å². The predicted molar refractivity (Wildman–Crippen MR) is 152 cm³/mol. The van der Waals surface area contributed by atoms with Gasteiger partial charge in [0.1, 0.15) is 0 Å². The van der Waals surface area contributed by atoms with Gasteiger partial charge in [-0.15, -0.1) is 0 Å². The summed E-state index contributed by atoms with van der Waals surface area (Å²) in [7, 11) is 0.923. The van der Waals surface area contributed by atoms with Crippen LogP contribution in [0.15, 0.2) is 71.6 Å². The van der Waals surface area contributed by atoms with Gasteiger partial charge >= 0.3 is 0 Å². The minimum absolute atomic E-state index is 0.0510. The molecule has 1 fully saturated rings. The highest BCUT2D eigenvalue weighted by Gasteiger charge is 2.39. The molecule has 7 heteroatoms. The summed E-state index contributed by atoms with van der Waals surface area (Å²) in [6.45, 7) is 2.93. The van der Waals surface area contributed by atoms with E-state index in [1.165, 1.54) is 5.56 Å². The molecule has 5 rings (SSSR count). The Bertz CT molecular complexity index is 1320. The number of carbonyl (C=O) groups excluding carboxylic acids is 1. The number of likely N-dealkylation sites (tertiary alicyclic amines) is 1. The van der Waals surface area contributed by atoms with E-state index in [2.05, 4.69) is 23.1 Å². The molecule has 0 aromatic heterocycles. The van der Waals surface area contributed by atoms with Crippen LogP contribution in [0, 0.1) is 0 Å². The second-order valence-corrected chi connectivity index (χ2v) is 12.3. The predicted octanol–water partition coefficient (Wildman–Crippen LogP) is 6.91. The Hall–Kier alpha value is -2.18. The van der Waals surface area contributed by atoms with Crippen molar-refractivity contribution in [3.63, 3.8) is 0 Å². The molecule has 2 aliphatic rings. The van der Waals surface area contributed by atoms with Crippen molar-refractivity contribution in [1.29, 1.82) is 0 Å². The van der Waals surface area contributed by atoms with Gasteiger partial charge in [-0.2, -0.15) is 0 Å². The molecule has 3 aromatic rings. The minimum Gasteiger partial charge on any atom is -0.334 e. The van der Waals surface area contributed by atoms with Gasteiger partial charge < -0.3 is 9.80 Å². The molecular formula is C30H32Cl2N2O2S. The van der Waals surface area contributed by atoms with Gasteiger partial charge in [0.05, 0.1) is 26.9 Å². The number of fused-ring (bicyclic) bond motifs is 1. The number of piperidine rings is 1. The van der Waals surface area contributed by atoms with Crippen LogP contribution in [0.1, 0.15) is 64.2 Å². The Kier molecular flexibility index (Phi) is 8.06. The van der Waals surface area contributed by atoms with Gasteiger partial charge in [-0.1, -0.05) is 65.7 Å². The van der Waals surface area contributed by atoms with Crippen LogP contribution in [-0.4, -0.2) is 52.9 Å². The molecule has 1 saturated heterocycles. The van der Waals surface area contributed by atoms with Gasteiger partial charge in [-0.05, 0) is 85.8 Å². The fourth-order valence-electron chi connectivity index (χ4n) is 6.08. The number of hydrogen-bond acceptors (Lipinski definition) is 3. The number of nitrogens with zero attached hydrogens (tertiary/aromatic N) is 2. The van der Waals surface area contributed by atoms with Crippen molar-refractivity contribution < 1.29 is 9.00 Å². The van der Waals surface area contributed by atoms with E-state index in [1.54, 1.807) is 6.26 Å². The first-order valence-electron chi connectivity index (χ1n) is 12.8. The fourth-order valence-corrected chi connectivity index (χ4v) is 7.22. The Morgan fingerprint density at radius 3 is 2.32 bits per heavy atom. The average molecular weight is 556 g/mol. The zero-order valence-electron chi connectivity index (χ0n) is 21.2. The van der Waals surface area contributed by atoms with Crippen molar-refractivity contribution in [2.45, 2.75) is 42.0 Å². The van der Waals surface area contributed by atoms with Crippen LogP contribution in [-0.2, 0) is 10.8 Å². The molecule has 37 heavy (non-hydrogen) atoms. The number of rotatable bonds is 7. The quantitative estimate of drug-likeness (QED) is 0.318. The molecule has 1 amide bonds. The first kappa shape index (κ1) is 26.4. The van der Waals surface area contributed by atoms with E-state index in [1.807, 2.05) is 60.5 Å². The monoisotopic (exact) mass is 554 g/mol. The Morgan fingerprint density at radius 2 is 1.62 bits per heavy atom. The highest BCUT2D eigenvalue weighted by molar-refractivity contribution is 7.84. The maximum atomic E-state index is 13.1. The third-order valence-electron chi connectivity index (χ3n) is 8.01. The number of carbonyl (C=O) groups is 1. The lowest BCUT2D eigenvalue weighted by Gasteiger charge is -2.36. The van der Waals surface area contributed by atoms with Crippen molar-refractivity contribution in [1.82, 2.24) is 9.80 Å². The van der Waals surface area contributed by atoms with Crippen LogP contribution < -0.4 is 0 Å². The molecule has 0 aliphatic carbocycles. The van der Waals surface area contributed by atoms with Crippen molar-refractivity contribution >= 4 is 39.9 Å². The smallest absolute Gasteiger partial charge is 0.254 e. The van der Waals surface area contributed by atoms with Crippen LogP contribution >= 0.6 is 23.2 Å². The standard InChI is InChI=1S/C30H32Cl2N2O2S/c1-33-29(24-8-3-4-9-25(24)30(33)35)23(21-11-12-26(31)27(32)19-21)15-18-34-16-13-20(14-17-34)22-7-5-6-10-28(22)37(2)36/h3-12,19-20,23,29H,13-18H2,1-2H3/t23?,29-,37?/m1/s1. The van der Waals surface area contributed by atoms with Crippen molar-refractivity contribution in [2.24, 2.45) is 0 Å². The molecule has 2 heterocycles. The zero-order valence-corrected chi connectivity index (χ0v) is 23.5. The summed E-state index contributed by atoms with van der Waals surface area (Å²) in [5.41, 5.74) is 4.20. The lowest BCUT2D eigenvalue weighted by atomic mass is 9.84. The Balaban J connectivity index is 1.34. The summed E-state index contributed by atoms with van der Waals surface area (Å²) in [4.78, 5) is 18.4. The van der Waals surface area contributed by atoms with Gasteiger partial charge in [0.2, 0.25) is 0 Å². The van der Waals surface area contributed by atoms with E-state index < -0.39 is 10.8 Å². The van der Waals surface area contributed by atoms with Crippen LogP contribution in [0.5, 0.6) is 0 Å². The van der Waals surface area contributed by atoms with Crippen molar-refractivity contribution in [3.8, 4) is 0 Å². The fraction of sp³-hybridized carbons (Fsp3) is 0.367. The van der Waals surface area contributed by atoms with E-state index in [9.17, 15) is 9.00 Å². The maximum Gasteiger partial charge on any atom is 0.254 e. The summed E-state index contributed by atoms with van der Waals surface area (Å²) in [6.07, 6.45) is 4.77. The highest BCUT2D eigenvalue weighted by atomic mass is 35.5. The maximum absolute atomic E-state index is 13.1. The number of amides is 1.